The molecule has 0 radical (unpaired) electrons. The lowest BCUT2D eigenvalue weighted by Gasteiger charge is -2.31. The third-order valence-corrected chi connectivity index (χ3v) is 5.95. The Kier molecular flexibility index (Phi) is 10.1. The number of unbranched alkanes of at least 4 members (excludes halogenated alkanes) is 2. The summed E-state index contributed by atoms with van der Waals surface area (Å²) in [6.07, 6.45) is 12.7. The highest BCUT2D eigenvalue weighted by atomic mass is 16.4. The molecular weight excluding hydrogens is 328 g/mol. The van der Waals surface area contributed by atoms with E-state index in [1.54, 1.807) is 0 Å². The van der Waals surface area contributed by atoms with Crippen LogP contribution in [-0.4, -0.2) is 28.1 Å². The van der Waals surface area contributed by atoms with Gasteiger partial charge in [0.2, 0.25) is 0 Å². The van der Waals surface area contributed by atoms with Gasteiger partial charge in [-0.3, -0.25) is 9.59 Å². The smallest absolute Gasteiger partial charge is 0.303 e. The molecule has 26 heavy (non-hydrogen) atoms. The maximum absolute atomic E-state index is 12.2. The van der Waals surface area contributed by atoms with Crippen LogP contribution < -0.4 is 0 Å². The summed E-state index contributed by atoms with van der Waals surface area (Å²) in [5, 5.41) is 19.2. The minimum absolute atomic E-state index is 0.0574. The quantitative estimate of drug-likeness (QED) is 0.349. The number of aliphatic carboxylic acids is 1. The summed E-state index contributed by atoms with van der Waals surface area (Å²) >= 11 is 0. The van der Waals surface area contributed by atoms with Gasteiger partial charge in [0.25, 0.3) is 0 Å². The van der Waals surface area contributed by atoms with Crippen LogP contribution >= 0.6 is 0 Å². The van der Waals surface area contributed by atoms with Crippen molar-refractivity contribution >= 4 is 11.8 Å². The van der Waals surface area contributed by atoms with Crippen LogP contribution in [0.4, 0.5) is 0 Å². The van der Waals surface area contributed by atoms with Gasteiger partial charge in [-0.05, 0) is 56.3 Å². The third kappa shape index (κ3) is 8.03. The van der Waals surface area contributed by atoms with Crippen LogP contribution in [0.1, 0.15) is 91.4 Å². The number of Topliss-reactive ketones (excluding diaryl/α,β-unsaturated/α-hetero) is 1. The normalized spacial score (nSPS) is 22.2. The fourth-order valence-electron chi connectivity index (χ4n) is 3.94. The Hall–Kier alpha value is -1.16. The summed E-state index contributed by atoms with van der Waals surface area (Å²) in [7, 11) is 0. The summed E-state index contributed by atoms with van der Waals surface area (Å²) in [5.74, 6) is 0.0502. The number of allylic oxidation sites excluding steroid dienone is 2. The molecular formula is C22H38O4. The Balaban J connectivity index is 2.41. The number of aliphatic hydroxyl groups is 1. The minimum Gasteiger partial charge on any atom is -0.481 e. The van der Waals surface area contributed by atoms with E-state index in [0.29, 0.717) is 24.5 Å². The fourth-order valence-corrected chi connectivity index (χ4v) is 3.94. The summed E-state index contributed by atoms with van der Waals surface area (Å²) in [4.78, 5) is 22.7. The molecule has 0 heterocycles. The van der Waals surface area contributed by atoms with E-state index in [1.807, 2.05) is 12.2 Å². The fraction of sp³-hybridized carbons (Fsp3) is 0.818. The topological polar surface area (TPSA) is 74.6 Å². The average Bonchev–Trinajstić information content (AvgIpc) is 2.93. The van der Waals surface area contributed by atoms with Crippen molar-refractivity contribution in [3.8, 4) is 0 Å². The molecule has 0 aromatic rings. The molecule has 0 saturated heterocycles. The Morgan fingerprint density at radius 2 is 2.04 bits per heavy atom. The van der Waals surface area contributed by atoms with Gasteiger partial charge in [0.1, 0.15) is 5.78 Å². The summed E-state index contributed by atoms with van der Waals surface area (Å²) in [6.45, 7) is 6.46. The summed E-state index contributed by atoms with van der Waals surface area (Å²) in [5.41, 5.74) is -0.0574. The molecule has 3 unspecified atom stereocenters. The highest BCUT2D eigenvalue weighted by Crippen LogP contribution is 2.37. The number of hydrogen-bond acceptors (Lipinski definition) is 3. The molecule has 2 N–H and O–H groups in total. The number of aliphatic hydroxyl groups excluding tert-OH is 1. The standard InChI is InChI=1S/C22H38O4/c1-4-5-16-22(2,3)20(24)15-13-17-12-14-19(23)18(17)10-8-6-7-9-11-21(25)26/h6,8,17-18,20,24H,4-5,7,9-16H2,1-3H3,(H,25,26). The zero-order chi connectivity index (χ0) is 19.6. The Morgan fingerprint density at radius 1 is 1.31 bits per heavy atom. The lowest BCUT2D eigenvalue weighted by atomic mass is 9.77. The second kappa shape index (κ2) is 11.5. The lowest BCUT2D eigenvalue weighted by Crippen LogP contribution is -2.30. The van der Waals surface area contributed by atoms with Crippen molar-refractivity contribution in [1.82, 2.24) is 0 Å². The van der Waals surface area contributed by atoms with Crippen molar-refractivity contribution in [2.75, 3.05) is 0 Å². The number of carbonyl (C=O) groups is 2. The van der Waals surface area contributed by atoms with Crippen LogP contribution in [0.2, 0.25) is 0 Å². The third-order valence-electron chi connectivity index (χ3n) is 5.95. The zero-order valence-corrected chi connectivity index (χ0v) is 16.9. The van der Waals surface area contributed by atoms with Gasteiger partial charge in [0.15, 0.2) is 0 Å². The van der Waals surface area contributed by atoms with E-state index in [0.717, 1.165) is 51.4 Å². The number of rotatable bonds is 13. The second-order valence-electron chi connectivity index (χ2n) is 8.55. The molecule has 1 aliphatic carbocycles. The Bertz CT molecular complexity index is 467. The molecule has 0 aromatic heterocycles. The first-order valence-electron chi connectivity index (χ1n) is 10.4. The van der Waals surface area contributed by atoms with Crippen LogP contribution in [-0.2, 0) is 9.59 Å². The van der Waals surface area contributed by atoms with E-state index in [9.17, 15) is 14.7 Å². The van der Waals surface area contributed by atoms with Gasteiger partial charge in [-0.15, -0.1) is 0 Å². The van der Waals surface area contributed by atoms with Gasteiger partial charge in [-0.1, -0.05) is 45.8 Å². The van der Waals surface area contributed by atoms with Crippen LogP contribution in [0.25, 0.3) is 0 Å². The first kappa shape index (κ1) is 22.9. The van der Waals surface area contributed by atoms with E-state index < -0.39 is 5.97 Å². The maximum atomic E-state index is 12.2. The first-order chi connectivity index (χ1) is 12.3. The Morgan fingerprint density at radius 3 is 2.69 bits per heavy atom. The van der Waals surface area contributed by atoms with Crippen LogP contribution in [0.5, 0.6) is 0 Å². The molecule has 0 spiro atoms. The van der Waals surface area contributed by atoms with E-state index in [4.69, 9.17) is 5.11 Å². The van der Waals surface area contributed by atoms with E-state index in [1.165, 1.54) is 0 Å². The molecule has 0 bridgehead atoms. The molecule has 1 saturated carbocycles. The summed E-state index contributed by atoms with van der Waals surface area (Å²) < 4.78 is 0. The van der Waals surface area contributed by atoms with Gasteiger partial charge in [-0.2, -0.15) is 0 Å². The molecule has 150 valence electrons. The van der Waals surface area contributed by atoms with Crippen LogP contribution in [0, 0.1) is 17.3 Å². The number of hydrogen-bond donors (Lipinski definition) is 2. The van der Waals surface area contributed by atoms with Crippen molar-refractivity contribution in [3.63, 3.8) is 0 Å². The second-order valence-corrected chi connectivity index (χ2v) is 8.55. The number of carboxylic acid groups (broad SMARTS) is 1. The largest absolute Gasteiger partial charge is 0.481 e. The van der Waals surface area contributed by atoms with Crippen molar-refractivity contribution in [2.45, 2.75) is 97.5 Å². The van der Waals surface area contributed by atoms with Crippen molar-refractivity contribution in [2.24, 2.45) is 17.3 Å². The molecule has 4 heteroatoms. The highest BCUT2D eigenvalue weighted by Gasteiger charge is 2.35. The van der Waals surface area contributed by atoms with Crippen molar-refractivity contribution < 1.29 is 19.8 Å². The molecule has 0 aliphatic heterocycles. The van der Waals surface area contributed by atoms with Gasteiger partial charge in [-0.25, -0.2) is 0 Å². The molecule has 0 aromatic carbocycles. The predicted molar refractivity (Wildman–Crippen MR) is 105 cm³/mol. The molecule has 1 aliphatic rings. The van der Waals surface area contributed by atoms with E-state index >= 15 is 0 Å². The van der Waals surface area contributed by atoms with Crippen LogP contribution in [0.15, 0.2) is 12.2 Å². The number of carbonyl (C=O) groups excluding carboxylic acids is 1. The number of ketones is 1. The zero-order valence-electron chi connectivity index (χ0n) is 16.9. The number of carboxylic acids is 1. The van der Waals surface area contributed by atoms with Crippen LogP contribution in [0.3, 0.4) is 0 Å². The molecule has 3 atom stereocenters. The maximum Gasteiger partial charge on any atom is 0.303 e. The molecule has 1 rings (SSSR count). The lowest BCUT2D eigenvalue weighted by molar-refractivity contribution is -0.137. The molecule has 4 nitrogen and oxygen atoms in total. The summed E-state index contributed by atoms with van der Waals surface area (Å²) in [6, 6.07) is 0. The van der Waals surface area contributed by atoms with Gasteiger partial charge < -0.3 is 10.2 Å². The average molecular weight is 367 g/mol. The van der Waals surface area contributed by atoms with E-state index in [-0.39, 0.29) is 23.9 Å². The van der Waals surface area contributed by atoms with Gasteiger partial charge >= 0.3 is 5.97 Å². The van der Waals surface area contributed by atoms with Gasteiger partial charge in [0, 0.05) is 18.8 Å². The first-order valence-corrected chi connectivity index (χ1v) is 10.4. The minimum atomic E-state index is -0.759. The van der Waals surface area contributed by atoms with Crippen molar-refractivity contribution in [1.29, 1.82) is 0 Å². The predicted octanol–water partition coefficient (Wildman–Crippen LogP) is 5.14. The molecule has 0 amide bonds. The van der Waals surface area contributed by atoms with E-state index in [2.05, 4.69) is 20.8 Å². The van der Waals surface area contributed by atoms with Gasteiger partial charge in [0.05, 0.1) is 6.10 Å². The van der Waals surface area contributed by atoms with Crippen molar-refractivity contribution in [3.05, 3.63) is 12.2 Å². The SMILES string of the molecule is CCCCC(C)(C)C(O)CCC1CCC(=O)C1CC=CCCCC(=O)O. The Labute approximate surface area is 159 Å². The molecule has 1 fully saturated rings. The highest BCUT2D eigenvalue weighted by molar-refractivity contribution is 5.83. The monoisotopic (exact) mass is 366 g/mol.